The Morgan fingerprint density at radius 1 is 1.19 bits per heavy atom. The van der Waals surface area contributed by atoms with Gasteiger partial charge in [0.25, 0.3) is 0 Å². The molecule has 1 unspecified atom stereocenters. The van der Waals surface area contributed by atoms with Crippen molar-refractivity contribution >= 4 is 23.4 Å². The van der Waals surface area contributed by atoms with E-state index in [1.807, 2.05) is 36.0 Å². The third-order valence-electron chi connectivity index (χ3n) is 2.99. The van der Waals surface area contributed by atoms with Gasteiger partial charge in [0, 0.05) is 10.8 Å². The highest BCUT2D eigenvalue weighted by Gasteiger charge is 2.40. The normalized spacial score (nSPS) is 29.0. The van der Waals surface area contributed by atoms with E-state index < -0.39 is 5.60 Å². The van der Waals surface area contributed by atoms with E-state index >= 15 is 0 Å². The monoisotopic (exact) mass is 256 g/mol. The van der Waals surface area contributed by atoms with Crippen LogP contribution in [-0.2, 0) is 5.60 Å². The fraction of sp³-hybridized carbons (Fsp3) is 0.538. The van der Waals surface area contributed by atoms with Crippen molar-refractivity contribution in [1.29, 1.82) is 0 Å². The summed E-state index contributed by atoms with van der Waals surface area (Å²) in [6, 6.07) is 7.57. The van der Waals surface area contributed by atoms with Crippen LogP contribution < -0.4 is 0 Å². The maximum absolute atomic E-state index is 10.7. The molecular weight excluding hydrogens is 240 g/mol. The summed E-state index contributed by atoms with van der Waals surface area (Å²) in [4.78, 5) is 0. The van der Waals surface area contributed by atoms with E-state index in [1.165, 1.54) is 0 Å². The number of thioether (sulfide) groups is 1. The first-order chi connectivity index (χ1) is 7.41. The minimum Gasteiger partial charge on any atom is -0.384 e. The molecule has 0 saturated carbocycles. The lowest BCUT2D eigenvalue weighted by atomic mass is 9.78. The Morgan fingerprint density at radius 2 is 1.81 bits per heavy atom. The van der Waals surface area contributed by atoms with Gasteiger partial charge < -0.3 is 5.11 Å². The Morgan fingerprint density at radius 3 is 2.38 bits per heavy atom. The van der Waals surface area contributed by atoms with Gasteiger partial charge in [-0.2, -0.15) is 11.8 Å². The van der Waals surface area contributed by atoms with E-state index in [2.05, 4.69) is 13.8 Å². The first kappa shape index (κ1) is 12.3. The molecule has 0 aromatic heterocycles. The number of aliphatic hydroxyl groups is 1. The average molecular weight is 257 g/mol. The summed E-state index contributed by atoms with van der Waals surface area (Å²) in [5.41, 5.74) is 0.478. The molecule has 0 bridgehead atoms. The smallest absolute Gasteiger partial charge is 0.0991 e. The lowest BCUT2D eigenvalue weighted by Gasteiger charge is -2.41. The fourth-order valence-electron chi connectivity index (χ4n) is 2.34. The molecule has 0 amide bonds. The van der Waals surface area contributed by atoms with E-state index in [-0.39, 0.29) is 5.41 Å². The zero-order chi connectivity index (χ0) is 11.8. The molecule has 1 nitrogen and oxygen atoms in total. The van der Waals surface area contributed by atoms with Gasteiger partial charge in [0.2, 0.25) is 0 Å². The molecule has 1 saturated heterocycles. The SMILES string of the molecule is CC1(C)CSCC(O)(c2ccc(Cl)cc2)C1. The van der Waals surface area contributed by atoms with Gasteiger partial charge in [-0.3, -0.25) is 0 Å². The second-order valence-electron chi connectivity index (χ2n) is 5.37. The number of rotatable bonds is 1. The van der Waals surface area contributed by atoms with Crippen molar-refractivity contribution in [2.75, 3.05) is 11.5 Å². The van der Waals surface area contributed by atoms with E-state index in [1.54, 1.807) is 0 Å². The van der Waals surface area contributed by atoms with Gasteiger partial charge in [-0.05, 0) is 35.3 Å². The molecule has 16 heavy (non-hydrogen) atoms. The van der Waals surface area contributed by atoms with E-state index in [4.69, 9.17) is 11.6 Å². The second kappa shape index (κ2) is 4.25. The van der Waals surface area contributed by atoms with Crippen molar-refractivity contribution in [3.8, 4) is 0 Å². The summed E-state index contributed by atoms with van der Waals surface area (Å²) in [5, 5.41) is 11.4. The topological polar surface area (TPSA) is 20.2 Å². The van der Waals surface area contributed by atoms with Gasteiger partial charge in [0.1, 0.15) is 0 Å². The minimum absolute atomic E-state index is 0.192. The molecule has 88 valence electrons. The van der Waals surface area contributed by atoms with Crippen molar-refractivity contribution < 1.29 is 5.11 Å². The highest BCUT2D eigenvalue weighted by molar-refractivity contribution is 7.99. The predicted molar refractivity (Wildman–Crippen MR) is 71.1 cm³/mol. The van der Waals surface area contributed by atoms with Gasteiger partial charge in [0.15, 0.2) is 0 Å². The summed E-state index contributed by atoms with van der Waals surface area (Å²) in [6.45, 7) is 4.42. The van der Waals surface area contributed by atoms with E-state index in [9.17, 15) is 5.11 Å². The predicted octanol–water partition coefficient (Wildman–Crippen LogP) is 3.69. The van der Waals surface area contributed by atoms with Crippen LogP contribution in [0.2, 0.25) is 5.02 Å². The number of benzene rings is 1. The summed E-state index contributed by atoms with van der Waals surface area (Å²) in [5.74, 6) is 1.89. The molecule has 1 atom stereocenters. The van der Waals surface area contributed by atoms with Crippen molar-refractivity contribution in [2.24, 2.45) is 5.41 Å². The van der Waals surface area contributed by atoms with Crippen LogP contribution in [0.25, 0.3) is 0 Å². The van der Waals surface area contributed by atoms with Crippen molar-refractivity contribution in [1.82, 2.24) is 0 Å². The zero-order valence-electron chi connectivity index (χ0n) is 9.66. The van der Waals surface area contributed by atoms with Crippen LogP contribution in [0.15, 0.2) is 24.3 Å². The minimum atomic E-state index is -0.697. The van der Waals surface area contributed by atoms with Gasteiger partial charge in [-0.25, -0.2) is 0 Å². The Kier molecular flexibility index (Phi) is 3.26. The van der Waals surface area contributed by atoms with Gasteiger partial charge in [-0.1, -0.05) is 37.6 Å². The van der Waals surface area contributed by atoms with Crippen LogP contribution >= 0.6 is 23.4 Å². The third kappa shape index (κ3) is 2.55. The number of halogens is 1. The maximum Gasteiger partial charge on any atom is 0.0991 e. The van der Waals surface area contributed by atoms with Crippen LogP contribution in [0.5, 0.6) is 0 Å². The van der Waals surface area contributed by atoms with Gasteiger partial charge in [-0.15, -0.1) is 0 Å². The molecule has 0 radical (unpaired) electrons. The van der Waals surface area contributed by atoms with Crippen LogP contribution in [-0.4, -0.2) is 16.6 Å². The highest BCUT2D eigenvalue weighted by Crippen LogP contribution is 2.44. The summed E-state index contributed by atoms with van der Waals surface area (Å²) >= 11 is 7.69. The molecule has 3 heteroatoms. The van der Waals surface area contributed by atoms with Crippen LogP contribution in [0.1, 0.15) is 25.8 Å². The summed E-state index contributed by atoms with van der Waals surface area (Å²) in [6.07, 6.45) is 0.814. The van der Waals surface area contributed by atoms with Crippen molar-refractivity contribution in [3.05, 3.63) is 34.9 Å². The highest BCUT2D eigenvalue weighted by atomic mass is 35.5. The summed E-state index contributed by atoms with van der Waals surface area (Å²) in [7, 11) is 0. The third-order valence-corrected chi connectivity index (χ3v) is 4.91. The molecule has 1 N–H and O–H groups in total. The molecule has 0 spiro atoms. The number of hydrogen-bond donors (Lipinski definition) is 1. The second-order valence-corrected chi connectivity index (χ2v) is 6.79. The molecule has 2 rings (SSSR count). The molecular formula is C13H17ClOS. The van der Waals surface area contributed by atoms with Crippen molar-refractivity contribution in [3.63, 3.8) is 0 Å². The van der Waals surface area contributed by atoms with E-state index in [0.29, 0.717) is 0 Å². The standard InChI is InChI=1S/C13H17ClOS/c1-12(2)7-13(15,9-16-8-12)10-3-5-11(14)6-4-10/h3-6,15H,7-9H2,1-2H3. The zero-order valence-corrected chi connectivity index (χ0v) is 11.2. The Hall–Kier alpha value is -0.180. The average Bonchev–Trinajstić information content (AvgIpc) is 2.16. The molecule has 1 aliphatic rings. The molecule has 1 fully saturated rings. The molecule has 1 heterocycles. The first-order valence-electron chi connectivity index (χ1n) is 5.48. The molecule has 1 aliphatic heterocycles. The fourth-order valence-corrected chi connectivity index (χ4v) is 3.82. The van der Waals surface area contributed by atoms with Gasteiger partial charge >= 0.3 is 0 Å². The van der Waals surface area contributed by atoms with Crippen molar-refractivity contribution in [2.45, 2.75) is 25.9 Å². The lowest BCUT2D eigenvalue weighted by Crippen LogP contribution is -2.40. The summed E-state index contributed by atoms with van der Waals surface area (Å²) < 4.78 is 0. The Balaban J connectivity index is 2.27. The molecule has 0 aliphatic carbocycles. The quantitative estimate of drug-likeness (QED) is 0.827. The van der Waals surface area contributed by atoms with E-state index in [0.717, 1.165) is 28.5 Å². The van der Waals surface area contributed by atoms with Crippen LogP contribution in [0.3, 0.4) is 0 Å². The van der Waals surface area contributed by atoms with Crippen LogP contribution in [0, 0.1) is 5.41 Å². The largest absolute Gasteiger partial charge is 0.384 e. The maximum atomic E-state index is 10.7. The Labute approximate surface area is 106 Å². The van der Waals surface area contributed by atoms with Crippen LogP contribution in [0.4, 0.5) is 0 Å². The Bertz CT molecular complexity index is 374. The van der Waals surface area contributed by atoms with Gasteiger partial charge in [0.05, 0.1) is 5.60 Å². The number of hydrogen-bond acceptors (Lipinski definition) is 2. The molecule has 1 aromatic rings. The first-order valence-corrected chi connectivity index (χ1v) is 7.01. The molecule has 1 aromatic carbocycles. The lowest BCUT2D eigenvalue weighted by molar-refractivity contribution is 0.0156.